The fourth-order valence-electron chi connectivity index (χ4n) is 2.09. The first-order valence-corrected chi connectivity index (χ1v) is 6.94. The van der Waals surface area contributed by atoms with Crippen LogP contribution in [0.4, 0.5) is 0 Å². The highest BCUT2D eigenvalue weighted by atomic mass is 35.5. The van der Waals surface area contributed by atoms with Crippen molar-refractivity contribution < 1.29 is 9.53 Å². The molecule has 0 aromatic heterocycles. The SMILES string of the molecule is CC(C)(C)c1ccc(C(=O)N2CCOCC2)c(Cl)c1. The van der Waals surface area contributed by atoms with Crippen LogP contribution in [0.15, 0.2) is 18.2 Å². The zero-order valence-electron chi connectivity index (χ0n) is 11.7. The van der Waals surface area contributed by atoms with Crippen LogP contribution in [0.3, 0.4) is 0 Å². The molecule has 0 unspecified atom stereocenters. The number of amides is 1. The number of rotatable bonds is 1. The first-order chi connectivity index (χ1) is 8.89. The number of benzene rings is 1. The number of hydrogen-bond donors (Lipinski definition) is 0. The third kappa shape index (κ3) is 3.28. The third-order valence-electron chi connectivity index (χ3n) is 3.36. The molecular weight excluding hydrogens is 262 g/mol. The van der Waals surface area contributed by atoms with Crippen LogP contribution in [-0.4, -0.2) is 37.1 Å². The van der Waals surface area contributed by atoms with Crippen molar-refractivity contribution in [1.29, 1.82) is 0 Å². The minimum absolute atomic E-state index is 0.00578. The normalized spacial score (nSPS) is 16.5. The maximum Gasteiger partial charge on any atom is 0.255 e. The van der Waals surface area contributed by atoms with Gasteiger partial charge in [-0.3, -0.25) is 4.79 Å². The van der Waals surface area contributed by atoms with E-state index in [1.54, 1.807) is 4.90 Å². The molecule has 0 bridgehead atoms. The van der Waals surface area contributed by atoms with Crippen molar-refractivity contribution in [3.05, 3.63) is 34.3 Å². The Hall–Kier alpha value is -1.06. The van der Waals surface area contributed by atoms with Gasteiger partial charge in [-0.25, -0.2) is 0 Å². The Morgan fingerprint density at radius 1 is 1.26 bits per heavy atom. The van der Waals surface area contributed by atoms with E-state index in [2.05, 4.69) is 20.8 Å². The Morgan fingerprint density at radius 3 is 2.42 bits per heavy atom. The maximum absolute atomic E-state index is 12.4. The van der Waals surface area contributed by atoms with E-state index in [0.717, 1.165) is 5.56 Å². The Balaban J connectivity index is 2.23. The number of carbonyl (C=O) groups excluding carboxylic acids is 1. The molecule has 2 rings (SSSR count). The van der Waals surface area contributed by atoms with Crippen LogP contribution in [0.25, 0.3) is 0 Å². The zero-order chi connectivity index (χ0) is 14.0. The number of halogens is 1. The summed E-state index contributed by atoms with van der Waals surface area (Å²) in [4.78, 5) is 14.2. The lowest BCUT2D eigenvalue weighted by atomic mass is 9.86. The van der Waals surface area contributed by atoms with Crippen LogP contribution in [0.1, 0.15) is 36.7 Å². The summed E-state index contributed by atoms with van der Waals surface area (Å²) >= 11 is 6.27. The summed E-state index contributed by atoms with van der Waals surface area (Å²) in [5.74, 6) is -0.00578. The molecule has 104 valence electrons. The van der Waals surface area contributed by atoms with E-state index in [1.807, 2.05) is 18.2 Å². The largest absolute Gasteiger partial charge is 0.378 e. The quantitative estimate of drug-likeness (QED) is 0.792. The van der Waals surface area contributed by atoms with Crippen molar-refractivity contribution in [3.8, 4) is 0 Å². The lowest BCUT2D eigenvalue weighted by Gasteiger charge is -2.27. The predicted octanol–water partition coefficient (Wildman–Crippen LogP) is 3.11. The van der Waals surface area contributed by atoms with Gasteiger partial charge in [0.1, 0.15) is 0 Å². The van der Waals surface area contributed by atoms with Gasteiger partial charge < -0.3 is 9.64 Å². The van der Waals surface area contributed by atoms with Gasteiger partial charge in [-0.1, -0.05) is 38.4 Å². The van der Waals surface area contributed by atoms with Crippen LogP contribution in [-0.2, 0) is 10.2 Å². The lowest BCUT2D eigenvalue weighted by Crippen LogP contribution is -2.40. The molecule has 1 fully saturated rings. The molecule has 1 aliphatic rings. The summed E-state index contributed by atoms with van der Waals surface area (Å²) < 4.78 is 5.25. The summed E-state index contributed by atoms with van der Waals surface area (Å²) in [6.45, 7) is 8.85. The van der Waals surface area contributed by atoms with Crippen LogP contribution in [0.5, 0.6) is 0 Å². The van der Waals surface area contributed by atoms with Crippen LogP contribution in [0, 0.1) is 0 Å². The topological polar surface area (TPSA) is 29.5 Å². The van der Waals surface area contributed by atoms with Crippen molar-refractivity contribution in [2.24, 2.45) is 0 Å². The van der Waals surface area contributed by atoms with Gasteiger partial charge in [-0.2, -0.15) is 0 Å². The van der Waals surface area contributed by atoms with Gasteiger partial charge in [0.25, 0.3) is 5.91 Å². The number of hydrogen-bond acceptors (Lipinski definition) is 2. The molecule has 0 spiro atoms. The van der Waals surface area contributed by atoms with E-state index in [4.69, 9.17) is 16.3 Å². The summed E-state index contributed by atoms with van der Waals surface area (Å²) in [5, 5.41) is 0.531. The van der Waals surface area contributed by atoms with Gasteiger partial charge in [0, 0.05) is 13.1 Å². The first kappa shape index (κ1) is 14.4. The highest BCUT2D eigenvalue weighted by Crippen LogP contribution is 2.27. The monoisotopic (exact) mass is 281 g/mol. The maximum atomic E-state index is 12.4. The number of morpholine rings is 1. The van der Waals surface area contributed by atoms with Crippen LogP contribution >= 0.6 is 11.6 Å². The van der Waals surface area contributed by atoms with Crippen LogP contribution in [0.2, 0.25) is 5.02 Å². The number of ether oxygens (including phenoxy) is 1. The number of carbonyl (C=O) groups is 1. The molecule has 1 aliphatic heterocycles. The molecule has 1 aromatic rings. The molecule has 0 saturated carbocycles. The van der Waals surface area contributed by atoms with Crippen molar-refractivity contribution >= 4 is 17.5 Å². The first-order valence-electron chi connectivity index (χ1n) is 6.56. The van der Waals surface area contributed by atoms with E-state index in [9.17, 15) is 4.79 Å². The second-order valence-electron chi connectivity index (χ2n) is 5.85. The summed E-state index contributed by atoms with van der Waals surface area (Å²) in [6, 6.07) is 5.72. The Bertz CT molecular complexity index is 474. The van der Waals surface area contributed by atoms with E-state index >= 15 is 0 Å². The number of nitrogens with zero attached hydrogens (tertiary/aromatic N) is 1. The van der Waals surface area contributed by atoms with Gasteiger partial charge in [0.2, 0.25) is 0 Å². The van der Waals surface area contributed by atoms with E-state index < -0.39 is 0 Å². The lowest BCUT2D eigenvalue weighted by molar-refractivity contribution is 0.0303. The predicted molar refractivity (Wildman–Crippen MR) is 76.9 cm³/mol. The highest BCUT2D eigenvalue weighted by molar-refractivity contribution is 6.33. The molecule has 4 heteroatoms. The van der Waals surface area contributed by atoms with E-state index in [-0.39, 0.29) is 11.3 Å². The molecule has 0 radical (unpaired) electrons. The van der Waals surface area contributed by atoms with Crippen molar-refractivity contribution in [1.82, 2.24) is 4.90 Å². The second-order valence-corrected chi connectivity index (χ2v) is 6.26. The molecule has 19 heavy (non-hydrogen) atoms. The molecule has 0 N–H and O–H groups in total. The molecule has 1 aromatic carbocycles. The zero-order valence-corrected chi connectivity index (χ0v) is 12.5. The van der Waals surface area contributed by atoms with Crippen molar-refractivity contribution in [3.63, 3.8) is 0 Å². The summed E-state index contributed by atoms with van der Waals surface area (Å²) in [6.07, 6.45) is 0. The van der Waals surface area contributed by atoms with Gasteiger partial charge in [-0.05, 0) is 23.1 Å². The smallest absolute Gasteiger partial charge is 0.255 e. The molecule has 1 heterocycles. The molecular formula is C15H20ClNO2. The summed E-state index contributed by atoms with van der Waals surface area (Å²) in [5.41, 5.74) is 1.75. The summed E-state index contributed by atoms with van der Waals surface area (Å²) in [7, 11) is 0. The van der Waals surface area contributed by atoms with Gasteiger partial charge in [0.05, 0.1) is 23.8 Å². The fourth-order valence-corrected chi connectivity index (χ4v) is 2.35. The average Bonchev–Trinajstić information content (AvgIpc) is 2.38. The Kier molecular flexibility index (Phi) is 4.16. The third-order valence-corrected chi connectivity index (χ3v) is 3.68. The molecule has 0 aliphatic carbocycles. The van der Waals surface area contributed by atoms with E-state index in [0.29, 0.717) is 36.9 Å². The van der Waals surface area contributed by atoms with Crippen molar-refractivity contribution in [2.45, 2.75) is 26.2 Å². The van der Waals surface area contributed by atoms with Gasteiger partial charge >= 0.3 is 0 Å². The van der Waals surface area contributed by atoms with Crippen molar-refractivity contribution in [2.75, 3.05) is 26.3 Å². The Morgan fingerprint density at radius 2 is 1.89 bits per heavy atom. The average molecular weight is 282 g/mol. The molecule has 0 atom stereocenters. The highest BCUT2D eigenvalue weighted by Gasteiger charge is 2.22. The standard InChI is InChI=1S/C15H20ClNO2/c1-15(2,3)11-4-5-12(13(16)10-11)14(18)17-6-8-19-9-7-17/h4-5,10H,6-9H2,1-3H3. The van der Waals surface area contributed by atoms with E-state index in [1.165, 1.54) is 0 Å². The van der Waals surface area contributed by atoms with Crippen LogP contribution < -0.4 is 0 Å². The Labute approximate surface area is 119 Å². The van der Waals surface area contributed by atoms with Gasteiger partial charge in [-0.15, -0.1) is 0 Å². The minimum Gasteiger partial charge on any atom is -0.378 e. The van der Waals surface area contributed by atoms with Gasteiger partial charge in [0.15, 0.2) is 0 Å². The second kappa shape index (κ2) is 5.51. The molecule has 1 amide bonds. The molecule has 3 nitrogen and oxygen atoms in total. The fraction of sp³-hybridized carbons (Fsp3) is 0.533. The molecule has 1 saturated heterocycles. The minimum atomic E-state index is -0.00578.